The van der Waals surface area contributed by atoms with Crippen molar-refractivity contribution in [3.05, 3.63) is 17.3 Å². The second kappa shape index (κ2) is 7.55. The van der Waals surface area contributed by atoms with Crippen LogP contribution in [0.4, 0.5) is 0 Å². The summed E-state index contributed by atoms with van der Waals surface area (Å²) in [4.78, 5) is 35.5. The highest BCUT2D eigenvalue weighted by Crippen LogP contribution is 2.30. The van der Waals surface area contributed by atoms with Crippen LogP contribution in [0.1, 0.15) is 11.8 Å². The van der Waals surface area contributed by atoms with Gasteiger partial charge in [0, 0.05) is 24.4 Å². The molecule has 0 saturated heterocycles. The summed E-state index contributed by atoms with van der Waals surface area (Å²) < 4.78 is 0. The van der Waals surface area contributed by atoms with Crippen LogP contribution < -0.4 is 5.32 Å². The van der Waals surface area contributed by atoms with Crippen molar-refractivity contribution in [1.29, 1.82) is 0 Å². The van der Waals surface area contributed by atoms with Gasteiger partial charge in [0.2, 0.25) is 11.8 Å². The monoisotopic (exact) mass is 338 g/mol. The quantitative estimate of drug-likeness (QED) is 0.639. The van der Waals surface area contributed by atoms with Crippen molar-refractivity contribution < 1.29 is 9.59 Å². The Bertz CT molecular complexity index is 687. The highest BCUT2D eigenvalue weighted by Gasteiger charge is 2.14. The second-order valence-corrected chi connectivity index (χ2v) is 6.75. The molecule has 1 N–H and O–H groups in total. The molecular weight excluding hydrogens is 320 g/mol. The number of hydrogen-bond acceptors (Lipinski definition) is 6. The van der Waals surface area contributed by atoms with Crippen LogP contribution in [0, 0.1) is 0 Å². The molecule has 0 fully saturated rings. The summed E-state index contributed by atoms with van der Waals surface area (Å²) in [5, 5.41) is 4.30. The Balaban J connectivity index is 2.03. The molecule has 0 radical (unpaired) electrons. The van der Waals surface area contributed by atoms with Gasteiger partial charge in [0.15, 0.2) is 0 Å². The molecule has 118 valence electrons. The number of amides is 2. The standard InChI is InChI=1S/C14H18N4O2S2/c1-4-9-5-10-13(16-8-17-14(10)22-9)21-7-12(20)18(3)6-11(19)15-2/h5,8H,4,6-7H2,1-3H3,(H,15,19). The smallest absolute Gasteiger partial charge is 0.239 e. The molecule has 2 amide bonds. The van der Waals surface area contributed by atoms with Gasteiger partial charge in [-0.15, -0.1) is 11.3 Å². The number of thiophene rings is 1. The number of nitrogens with one attached hydrogen (secondary N) is 1. The Morgan fingerprint density at radius 2 is 2.18 bits per heavy atom. The van der Waals surface area contributed by atoms with E-state index >= 15 is 0 Å². The Labute approximate surface area is 137 Å². The highest BCUT2D eigenvalue weighted by atomic mass is 32.2. The molecular formula is C14H18N4O2S2. The number of carbonyl (C=O) groups is 2. The lowest BCUT2D eigenvalue weighted by Gasteiger charge is -2.15. The Morgan fingerprint density at radius 3 is 2.86 bits per heavy atom. The van der Waals surface area contributed by atoms with E-state index in [1.54, 1.807) is 25.4 Å². The minimum absolute atomic E-state index is 0.0630. The molecule has 0 aromatic carbocycles. The van der Waals surface area contributed by atoms with Crippen LogP contribution in [0.2, 0.25) is 0 Å². The van der Waals surface area contributed by atoms with Gasteiger partial charge in [-0.2, -0.15) is 0 Å². The van der Waals surface area contributed by atoms with Gasteiger partial charge in [-0.3, -0.25) is 9.59 Å². The highest BCUT2D eigenvalue weighted by molar-refractivity contribution is 8.00. The van der Waals surface area contributed by atoms with Gasteiger partial charge in [-0.05, 0) is 12.5 Å². The number of aromatic nitrogens is 2. The van der Waals surface area contributed by atoms with E-state index in [9.17, 15) is 9.59 Å². The van der Waals surface area contributed by atoms with Crippen molar-refractivity contribution in [2.24, 2.45) is 0 Å². The third-order valence-corrected chi connectivity index (χ3v) is 5.29. The maximum atomic E-state index is 12.0. The second-order valence-electron chi connectivity index (χ2n) is 4.68. The van der Waals surface area contributed by atoms with E-state index in [4.69, 9.17) is 0 Å². The van der Waals surface area contributed by atoms with E-state index in [1.807, 2.05) is 0 Å². The molecule has 2 aromatic heterocycles. The van der Waals surface area contributed by atoms with Crippen molar-refractivity contribution in [1.82, 2.24) is 20.2 Å². The predicted molar refractivity (Wildman–Crippen MR) is 89.2 cm³/mol. The van der Waals surface area contributed by atoms with Crippen LogP contribution in [0.3, 0.4) is 0 Å². The maximum absolute atomic E-state index is 12.0. The molecule has 6 nitrogen and oxygen atoms in total. The van der Waals surface area contributed by atoms with Gasteiger partial charge in [0.05, 0.1) is 12.3 Å². The SMILES string of the molecule is CCc1cc2c(SCC(=O)N(C)CC(=O)NC)ncnc2s1. The number of carbonyl (C=O) groups excluding carboxylic acids is 2. The zero-order valence-corrected chi connectivity index (χ0v) is 14.4. The van der Waals surface area contributed by atoms with Gasteiger partial charge in [-0.1, -0.05) is 18.7 Å². The molecule has 2 heterocycles. The van der Waals surface area contributed by atoms with E-state index in [0.717, 1.165) is 21.7 Å². The fourth-order valence-corrected chi connectivity index (χ4v) is 3.71. The molecule has 0 aliphatic heterocycles. The first kappa shape index (κ1) is 16.7. The van der Waals surface area contributed by atoms with Gasteiger partial charge in [-0.25, -0.2) is 9.97 Å². The van der Waals surface area contributed by atoms with Crippen molar-refractivity contribution in [3.8, 4) is 0 Å². The van der Waals surface area contributed by atoms with Gasteiger partial charge >= 0.3 is 0 Å². The van der Waals surface area contributed by atoms with E-state index < -0.39 is 0 Å². The van der Waals surface area contributed by atoms with Crippen molar-refractivity contribution in [2.75, 3.05) is 26.4 Å². The molecule has 2 aromatic rings. The van der Waals surface area contributed by atoms with Crippen LogP contribution in [0.15, 0.2) is 17.4 Å². The summed E-state index contributed by atoms with van der Waals surface area (Å²) in [6, 6.07) is 2.08. The minimum Gasteiger partial charge on any atom is -0.358 e. The number of rotatable bonds is 6. The molecule has 0 aliphatic rings. The molecule has 0 spiro atoms. The first-order valence-electron chi connectivity index (χ1n) is 6.86. The van der Waals surface area contributed by atoms with Crippen LogP contribution in [-0.2, 0) is 16.0 Å². The summed E-state index contributed by atoms with van der Waals surface area (Å²) in [5.41, 5.74) is 0. The summed E-state index contributed by atoms with van der Waals surface area (Å²) in [6.07, 6.45) is 2.48. The lowest BCUT2D eigenvalue weighted by Crippen LogP contribution is -2.37. The van der Waals surface area contributed by atoms with Crippen molar-refractivity contribution in [2.45, 2.75) is 18.4 Å². The molecule has 2 rings (SSSR count). The summed E-state index contributed by atoms with van der Waals surface area (Å²) in [7, 11) is 3.17. The Hall–Kier alpha value is -1.67. The number of aryl methyl sites for hydroxylation is 1. The lowest BCUT2D eigenvalue weighted by molar-refractivity contribution is -0.132. The Morgan fingerprint density at radius 1 is 1.41 bits per heavy atom. The number of likely N-dealkylation sites (N-methyl/N-ethyl adjacent to an activating group) is 2. The summed E-state index contributed by atoms with van der Waals surface area (Å²) >= 11 is 3.03. The molecule has 8 heteroatoms. The molecule has 0 unspecified atom stereocenters. The topological polar surface area (TPSA) is 75.2 Å². The van der Waals surface area contributed by atoms with Gasteiger partial charge < -0.3 is 10.2 Å². The molecule has 22 heavy (non-hydrogen) atoms. The van der Waals surface area contributed by atoms with E-state index in [2.05, 4.69) is 28.3 Å². The maximum Gasteiger partial charge on any atom is 0.239 e. The third kappa shape index (κ3) is 3.95. The van der Waals surface area contributed by atoms with Gasteiger partial charge in [0.1, 0.15) is 16.2 Å². The van der Waals surface area contributed by atoms with E-state index in [0.29, 0.717) is 0 Å². The summed E-state index contributed by atoms with van der Waals surface area (Å²) in [6.45, 7) is 2.16. The Kier molecular flexibility index (Phi) is 5.73. The van der Waals surface area contributed by atoms with Crippen LogP contribution in [-0.4, -0.2) is 53.1 Å². The number of nitrogens with zero attached hydrogens (tertiary/aromatic N) is 3. The molecule has 0 saturated carbocycles. The normalized spacial score (nSPS) is 10.7. The van der Waals surface area contributed by atoms with Crippen LogP contribution >= 0.6 is 23.1 Å². The first-order chi connectivity index (χ1) is 10.5. The zero-order valence-electron chi connectivity index (χ0n) is 12.8. The van der Waals surface area contributed by atoms with Crippen LogP contribution in [0.25, 0.3) is 10.2 Å². The number of thioether (sulfide) groups is 1. The van der Waals surface area contributed by atoms with Crippen molar-refractivity contribution >= 4 is 45.1 Å². The van der Waals surface area contributed by atoms with Crippen LogP contribution in [0.5, 0.6) is 0 Å². The van der Waals surface area contributed by atoms with E-state index in [1.165, 1.54) is 27.9 Å². The van der Waals surface area contributed by atoms with Gasteiger partial charge in [0.25, 0.3) is 0 Å². The molecule has 0 bridgehead atoms. The third-order valence-electron chi connectivity index (χ3n) is 3.11. The first-order valence-corrected chi connectivity index (χ1v) is 8.66. The molecule has 0 atom stereocenters. The largest absolute Gasteiger partial charge is 0.358 e. The number of fused-ring (bicyclic) bond motifs is 1. The zero-order chi connectivity index (χ0) is 16.1. The fraction of sp³-hybridized carbons (Fsp3) is 0.429. The number of hydrogen-bond donors (Lipinski definition) is 1. The predicted octanol–water partition coefficient (Wildman–Crippen LogP) is 1.55. The lowest BCUT2D eigenvalue weighted by atomic mass is 10.3. The minimum atomic E-state index is -0.185. The molecule has 0 aliphatic carbocycles. The fourth-order valence-electron chi connectivity index (χ4n) is 1.80. The summed E-state index contributed by atoms with van der Waals surface area (Å²) in [5.74, 6) is -0.0429. The van der Waals surface area contributed by atoms with Crippen molar-refractivity contribution in [3.63, 3.8) is 0 Å². The average molecular weight is 338 g/mol. The van der Waals surface area contributed by atoms with E-state index in [-0.39, 0.29) is 24.1 Å². The average Bonchev–Trinajstić information content (AvgIpc) is 2.95.